The van der Waals surface area contributed by atoms with Crippen molar-refractivity contribution in [1.82, 2.24) is 14.4 Å². The summed E-state index contributed by atoms with van der Waals surface area (Å²) in [5.74, 6) is 1.66. The zero-order valence-electron chi connectivity index (χ0n) is 11.3. The first-order valence-electron chi connectivity index (χ1n) is 6.64. The van der Waals surface area contributed by atoms with Crippen molar-refractivity contribution in [2.75, 3.05) is 29.9 Å². The van der Waals surface area contributed by atoms with E-state index in [2.05, 4.69) is 20.2 Å². The van der Waals surface area contributed by atoms with Crippen molar-refractivity contribution in [2.24, 2.45) is 0 Å². The van der Waals surface area contributed by atoms with Gasteiger partial charge in [-0.25, -0.2) is 9.97 Å². The first-order chi connectivity index (χ1) is 9.09. The topological polar surface area (TPSA) is 65.7 Å². The molecule has 1 saturated heterocycles. The van der Waals surface area contributed by atoms with Crippen LogP contribution in [-0.2, 0) is 0 Å². The van der Waals surface area contributed by atoms with Gasteiger partial charge >= 0.3 is 0 Å². The van der Waals surface area contributed by atoms with Gasteiger partial charge in [-0.05, 0) is 20.3 Å². The highest BCUT2D eigenvalue weighted by Crippen LogP contribution is 2.28. The van der Waals surface area contributed by atoms with Crippen molar-refractivity contribution in [3.05, 3.63) is 18.6 Å². The quantitative estimate of drug-likeness (QED) is 0.867. The number of aromatic nitrogens is 3. The van der Waals surface area contributed by atoms with Crippen LogP contribution in [0.5, 0.6) is 0 Å². The Labute approximate surface area is 112 Å². The van der Waals surface area contributed by atoms with E-state index in [1.54, 1.807) is 6.20 Å². The fourth-order valence-electron chi connectivity index (χ4n) is 2.52. The highest BCUT2D eigenvalue weighted by atomic mass is 16.3. The third-order valence-electron chi connectivity index (χ3n) is 3.47. The molecule has 102 valence electrons. The van der Waals surface area contributed by atoms with Gasteiger partial charge in [0.1, 0.15) is 5.82 Å². The fraction of sp³-hybridized carbons (Fsp3) is 0.538. The van der Waals surface area contributed by atoms with Crippen LogP contribution in [0.1, 0.15) is 20.3 Å². The van der Waals surface area contributed by atoms with Gasteiger partial charge in [0.05, 0.1) is 11.8 Å². The summed E-state index contributed by atoms with van der Waals surface area (Å²) in [5.41, 5.74) is 0.193. The number of imidazole rings is 1. The van der Waals surface area contributed by atoms with Crippen molar-refractivity contribution in [3.8, 4) is 0 Å². The Kier molecular flexibility index (Phi) is 2.82. The molecule has 1 unspecified atom stereocenters. The van der Waals surface area contributed by atoms with E-state index in [1.165, 1.54) is 0 Å². The number of fused-ring (bicyclic) bond motifs is 1. The van der Waals surface area contributed by atoms with Gasteiger partial charge in [-0.1, -0.05) is 0 Å². The van der Waals surface area contributed by atoms with Crippen molar-refractivity contribution >= 4 is 17.3 Å². The van der Waals surface area contributed by atoms with Crippen molar-refractivity contribution in [1.29, 1.82) is 0 Å². The van der Waals surface area contributed by atoms with Crippen LogP contribution in [0.4, 0.5) is 11.6 Å². The van der Waals surface area contributed by atoms with Crippen molar-refractivity contribution in [3.63, 3.8) is 0 Å². The molecular weight excluding hydrogens is 242 g/mol. The smallest absolute Gasteiger partial charge is 0.180 e. The first kappa shape index (κ1) is 12.2. The van der Waals surface area contributed by atoms with E-state index >= 15 is 0 Å². The number of nitrogens with one attached hydrogen (secondary N) is 1. The van der Waals surface area contributed by atoms with E-state index in [9.17, 15) is 5.11 Å². The van der Waals surface area contributed by atoms with Gasteiger partial charge in [-0.15, -0.1) is 0 Å². The molecule has 1 aliphatic heterocycles. The molecule has 1 aliphatic rings. The minimum atomic E-state index is -0.639. The molecule has 0 spiro atoms. The van der Waals surface area contributed by atoms with Crippen LogP contribution in [0.3, 0.4) is 0 Å². The average molecular weight is 261 g/mol. The molecule has 6 heteroatoms. The van der Waals surface area contributed by atoms with Gasteiger partial charge in [0, 0.05) is 32.0 Å². The van der Waals surface area contributed by atoms with E-state index in [0.717, 1.165) is 36.8 Å². The molecule has 0 aliphatic carbocycles. The molecule has 0 saturated carbocycles. The standard InChI is InChI=1S/C13H19N5O/c1-3-14-10-8-17-7-5-15-11(17)12(16-10)18-6-4-13(2,19)9-18/h5,7-8,14,19H,3-4,6,9H2,1-2H3. The molecule has 2 N–H and O–H groups in total. The maximum absolute atomic E-state index is 10.1. The first-order valence-corrected chi connectivity index (χ1v) is 6.64. The number of hydrogen-bond acceptors (Lipinski definition) is 5. The Bertz CT molecular complexity index is 592. The van der Waals surface area contributed by atoms with Crippen LogP contribution in [-0.4, -0.2) is 44.7 Å². The second kappa shape index (κ2) is 4.38. The minimum absolute atomic E-state index is 0.595. The maximum atomic E-state index is 10.1. The van der Waals surface area contributed by atoms with Crippen LogP contribution in [0, 0.1) is 0 Å². The Hall–Kier alpha value is -1.82. The molecule has 0 amide bonds. The molecule has 0 bridgehead atoms. The minimum Gasteiger partial charge on any atom is -0.388 e. The van der Waals surface area contributed by atoms with Crippen molar-refractivity contribution in [2.45, 2.75) is 25.9 Å². The van der Waals surface area contributed by atoms with Gasteiger partial charge in [0.2, 0.25) is 0 Å². The fourth-order valence-corrected chi connectivity index (χ4v) is 2.52. The predicted octanol–water partition coefficient (Wildman–Crippen LogP) is 1.12. The van der Waals surface area contributed by atoms with Gasteiger partial charge in [0.15, 0.2) is 11.5 Å². The van der Waals surface area contributed by atoms with E-state index in [0.29, 0.717) is 6.54 Å². The molecule has 6 nitrogen and oxygen atoms in total. The van der Waals surface area contributed by atoms with Crippen molar-refractivity contribution < 1.29 is 5.11 Å². The summed E-state index contributed by atoms with van der Waals surface area (Å²) < 4.78 is 1.97. The molecule has 1 atom stereocenters. The van der Waals surface area contributed by atoms with Crippen LogP contribution < -0.4 is 10.2 Å². The number of hydrogen-bond donors (Lipinski definition) is 2. The lowest BCUT2D eigenvalue weighted by molar-refractivity contribution is 0.0839. The predicted molar refractivity (Wildman–Crippen MR) is 74.6 cm³/mol. The number of nitrogens with zero attached hydrogens (tertiary/aromatic N) is 4. The number of anilines is 2. The number of aliphatic hydroxyl groups is 1. The molecule has 2 aromatic heterocycles. The average Bonchev–Trinajstić information content (AvgIpc) is 2.94. The lowest BCUT2D eigenvalue weighted by atomic mass is 10.1. The summed E-state index contributed by atoms with van der Waals surface area (Å²) in [6, 6.07) is 0. The van der Waals surface area contributed by atoms with Crippen LogP contribution in [0.15, 0.2) is 18.6 Å². The monoisotopic (exact) mass is 261 g/mol. The highest BCUT2D eigenvalue weighted by Gasteiger charge is 2.33. The zero-order valence-corrected chi connectivity index (χ0v) is 11.3. The summed E-state index contributed by atoms with van der Waals surface area (Å²) in [6.45, 7) is 6.13. The molecule has 1 fully saturated rings. The van der Waals surface area contributed by atoms with E-state index in [1.807, 2.05) is 30.6 Å². The van der Waals surface area contributed by atoms with Crippen LogP contribution in [0.25, 0.3) is 5.65 Å². The lowest BCUT2D eigenvalue weighted by Gasteiger charge is -2.21. The second-order valence-corrected chi connectivity index (χ2v) is 5.31. The molecule has 19 heavy (non-hydrogen) atoms. The Morgan fingerprint density at radius 1 is 1.53 bits per heavy atom. The van der Waals surface area contributed by atoms with E-state index in [-0.39, 0.29) is 0 Å². The summed E-state index contributed by atoms with van der Waals surface area (Å²) in [5, 5.41) is 13.3. The maximum Gasteiger partial charge on any atom is 0.180 e. The molecule has 3 heterocycles. The molecule has 0 aromatic carbocycles. The van der Waals surface area contributed by atoms with Crippen LogP contribution in [0.2, 0.25) is 0 Å². The SMILES string of the molecule is CCNc1cn2ccnc2c(N2CCC(C)(O)C2)n1. The molecule has 0 radical (unpaired) electrons. The molecule has 2 aromatic rings. The summed E-state index contributed by atoms with van der Waals surface area (Å²) in [7, 11) is 0. The Balaban J connectivity index is 2.03. The van der Waals surface area contributed by atoms with E-state index in [4.69, 9.17) is 0 Å². The summed E-state index contributed by atoms with van der Waals surface area (Å²) >= 11 is 0. The van der Waals surface area contributed by atoms with Crippen LogP contribution >= 0.6 is 0 Å². The number of β-amino-alcohol motifs (C(OH)–C–C–N with tert-alkyl or cyclic N) is 1. The van der Waals surface area contributed by atoms with Gasteiger partial charge in [-0.3, -0.25) is 0 Å². The molecular formula is C13H19N5O. The molecule has 3 rings (SSSR count). The summed E-state index contributed by atoms with van der Waals surface area (Å²) in [6.07, 6.45) is 6.37. The second-order valence-electron chi connectivity index (χ2n) is 5.31. The van der Waals surface area contributed by atoms with E-state index < -0.39 is 5.60 Å². The summed E-state index contributed by atoms with van der Waals surface area (Å²) in [4.78, 5) is 11.1. The van der Waals surface area contributed by atoms with Gasteiger partial charge in [-0.2, -0.15) is 0 Å². The Morgan fingerprint density at radius 2 is 2.37 bits per heavy atom. The third-order valence-corrected chi connectivity index (χ3v) is 3.47. The largest absolute Gasteiger partial charge is 0.388 e. The normalized spacial score (nSPS) is 23.2. The number of rotatable bonds is 3. The Morgan fingerprint density at radius 3 is 3.05 bits per heavy atom. The van der Waals surface area contributed by atoms with Gasteiger partial charge < -0.3 is 19.7 Å². The lowest BCUT2D eigenvalue weighted by Crippen LogP contribution is -2.30. The third kappa shape index (κ3) is 2.23. The van der Waals surface area contributed by atoms with Gasteiger partial charge in [0.25, 0.3) is 0 Å². The zero-order chi connectivity index (χ0) is 13.5. The highest BCUT2D eigenvalue weighted by molar-refractivity contribution is 5.67.